The van der Waals surface area contributed by atoms with Crippen LogP contribution in [0.3, 0.4) is 0 Å². The first kappa shape index (κ1) is 16.8. The van der Waals surface area contributed by atoms with Gasteiger partial charge in [-0.1, -0.05) is 59.1 Å². The van der Waals surface area contributed by atoms with Crippen LogP contribution in [0, 0.1) is 0 Å². The van der Waals surface area contributed by atoms with Crippen molar-refractivity contribution in [2.45, 2.75) is 0 Å². The maximum atomic E-state index is 6.16. The van der Waals surface area contributed by atoms with E-state index >= 15 is 0 Å². The van der Waals surface area contributed by atoms with Crippen molar-refractivity contribution in [2.75, 3.05) is 0 Å². The molecule has 0 atom stereocenters. The fourth-order valence-electron chi connectivity index (χ4n) is 2.05. The molecule has 0 unspecified atom stereocenters. The zero-order valence-electron chi connectivity index (χ0n) is 12.4. The molecule has 0 radical (unpaired) electrons. The van der Waals surface area contributed by atoms with E-state index in [1.165, 1.54) is 0 Å². The first-order chi connectivity index (χ1) is 11.6. The van der Waals surface area contributed by atoms with Gasteiger partial charge in [-0.2, -0.15) is 0 Å². The van der Waals surface area contributed by atoms with Crippen LogP contribution in [-0.2, 0) is 0 Å². The first-order valence-corrected chi connectivity index (χ1v) is 8.27. The number of nitrogens with zero attached hydrogens (tertiary/aromatic N) is 1. The van der Waals surface area contributed by atoms with Gasteiger partial charge in [0.15, 0.2) is 0 Å². The first-order valence-electron chi connectivity index (χ1n) is 7.14. The molecule has 0 saturated heterocycles. The molecule has 0 amide bonds. The lowest BCUT2D eigenvalue weighted by molar-refractivity contribution is 0.482. The van der Waals surface area contributed by atoms with Crippen LogP contribution in [0.4, 0.5) is 5.69 Å². The Kier molecular flexibility index (Phi) is 5.41. The molecule has 0 N–H and O–H groups in total. The molecule has 0 fully saturated rings. The number of para-hydroxylation sites is 2. The van der Waals surface area contributed by atoms with Crippen LogP contribution in [-0.4, -0.2) is 6.21 Å². The van der Waals surface area contributed by atoms with Gasteiger partial charge in [-0.15, -0.1) is 0 Å². The highest BCUT2D eigenvalue weighted by Gasteiger charge is 2.07. The summed E-state index contributed by atoms with van der Waals surface area (Å²) in [5.74, 6) is 1.11. The smallest absolute Gasteiger partial charge is 0.147 e. The van der Waals surface area contributed by atoms with Crippen LogP contribution < -0.4 is 4.74 Å². The van der Waals surface area contributed by atoms with Crippen molar-refractivity contribution in [3.05, 3.63) is 87.4 Å². The summed E-state index contributed by atoms with van der Waals surface area (Å²) in [7, 11) is 0. The minimum absolute atomic E-state index is 0.484. The molecule has 3 aromatic rings. The summed E-state index contributed by atoms with van der Waals surface area (Å²) >= 11 is 18.3. The lowest BCUT2D eigenvalue weighted by Gasteiger charge is -2.10. The van der Waals surface area contributed by atoms with Gasteiger partial charge < -0.3 is 4.74 Å². The Bertz CT molecular complexity index is 893. The third-order valence-electron chi connectivity index (χ3n) is 3.23. The molecular weight excluding hydrogens is 365 g/mol. The Morgan fingerprint density at radius 1 is 0.750 bits per heavy atom. The van der Waals surface area contributed by atoms with Gasteiger partial charge in [-0.25, -0.2) is 0 Å². The molecule has 3 rings (SSSR count). The van der Waals surface area contributed by atoms with Gasteiger partial charge in [0, 0.05) is 22.9 Å². The summed E-state index contributed by atoms with van der Waals surface area (Å²) in [6.07, 6.45) is 1.70. The molecule has 0 aliphatic heterocycles. The van der Waals surface area contributed by atoms with Crippen LogP contribution in [0.2, 0.25) is 15.1 Å². The van der Waals surface area contributed by atoms with Crippen molar-refractivity contribution in [1.29, 1.82) is 0 Å². The van der Waals surface area contributed by atoms with Gasteiger partial charge in [-0.3, -0.25) is 4.99 Å². The fourth-order valence-corrected chi connectivity index (χ4v) is 2.55. The van der Waals surface area contributed by atoms with E-state index in [1.807, 2.05) is 42.5 Å². The molecule has 0 spiro atoms. The van der Waals surface area contributed by atoms with E-state index in [2.05, 4.69) is 4.99 Å². The van der Waals surface area contributed by atoms with E-state index in [-0.39, 0.29) is 0 Å². The molecule has 0 heterocycles. The third kappa shape index (κ3) is 4.09. The van der Waals surface area contributed by atoms with Gasteiger partial charge in [0.2, 0.25) is 0 Å². The van der Waals surface area contributed by atoms with E-state index in [9.17, 15) is 0 Å². The second-order valence-electron chi connectivity index (χ2n) is 4.92. The molecule has 5 heteroatoms. The molecule has 120 valence electrons. The third-order valence-corrected chi connectivity index (χ3v) is 4.09. The molecule has 0 aliphatic rings. The zero-order valence-corrected chi connectivity index (χ0v) is 14.7. The van der Waals surface area contributed by atoms with Crippen LogP contribution in [0.1, 0.15) is 5.56 Å². The number of ether oxygens (including phenoxy) is 1. The fraction of sp³-hybridized carbons (Fsp3) is 0. The van der Waals surface area contributed by atoms with E-state index in [0.29, 0.717) is 32.3 Å². The number of aliphatic imine (C=N–C) groups is 1. The molecule has 2 nitrogen and oxygen atoms in total. The standard InChI is InChI=1S/C19H12Cl3NO/c20-14-9-10-16(22)19(11-14)24-18-8-4-1-5-13(18)12-23-17-7-3-2-6-15(17)21/h1-12H/b23-12+. The summed E-state index contributed by atoms with van der Waals surface area (Å²) in [5, 5.41) is 1.62. The van der Waals surface area contributed by atoms with Crippen molar-refractivity contribution in [1.82, 2.24) is 0 Å². The minimum Gasteiger partial charge on any atom is -0.455 e. The number of hydrogen-bond donors (Lipinski definition) is 0. The normalized spacial score (nSPS) is 11.0. The second kappa shape index (κ2) is 7.71. The summed E-state index contributed by atoms with van der Waals surface area (Å²) in [4.78, 5) is 4.42. The van der Waals surface area contributed by atoms with Crippen molar-refractivity contribution < 1.29 is 4.74 Å². The number of rotatable bonds is 4. The predicted octanol–water partition coefficient (Wildman–Crippen LogP) is 7.19. The van der Waals surface area contributed by atoms with E-state index in [0.717, 1.165) is 5.56 Å². The van der Waals surface area contributed by atoms with Crippen molar-refractivity contribution >= 4 is 46.7 Å². The summed E-state index contributed by atoms with van der Waals surface area (Å²) < 4.78 is 5.90. The monoisotopic (exact) mass is 375 g/mol. The molecule has 0 aliphatic carbocycles. The highest BCUT2D eigenvalue weighted by molar-refractivity contribution is 6.34. The van der Waals surface area contributed by atoms with Crippen LogP contribution in [0.5, 0.6) is 11.5 Å². The Morgan fingerprint density at radius 3 is 2.33 bits per heavy atom. The van der Waals surface area contributed by atoms with Crippen molar-refractivity contribution in [3.8, 4) is 11.5 Å². The van der Waals surface area contributed by atoms with Gasteiger partial charge in [0.1, 0.15) is 11.5 Å². The average molecular weight is 377 g/mol. The van der Waals surface area contributed by atoms with Crippen LogP contribution >= 0.6 is 34.8 Å². The molecule has 3 aromatic carbocycles. The lowest BCUT2D eigenvalue weighted by atomic mass is 10.2. The van der Waals surface area contributed by atoms with E-state index < -0.39 is 0 Å². The molecule has 0 aromatic heterocycles. The number of halogens is 3. The second-order valence-corrected chi connectivity index (χ2v) is 6.18. The van der Waals surface area contributed by atoms with Crippen molar-refractivity contribution in [3.63, 3.8) is 0 Å². The zero-order chi connectivity index (χ0) is 16.9. The van der Waals surface area contributed by atoms with Gasteiger partial charge in [0.05, 0.1) is 15.7 Å². The number of benzene rings is 3. The Hall–Kier alpha value is -2.00. The maximum Gasteiger partial charge on any atom is 0.147 e. The van der Waals surface area contributed by atoms with Crippen molar-refractivity contribution in [2.24, 2.45) is 4.99 Å². The number of hydrogen-bond acceptors (Lipinski definition) is 2. The highest BCUT2D eigenvalue weighted by atomic mass is 35.5. The summed E-state index contributed by atoms with van der Waals surface area (Å²) in [5.41, 5.74) is 1.49. The van der Waals surface area contributed by atoms with Crippen LogP contribution in [0.15, 0.2) is 71.7 Å². The Labute approximate surface area is 155 Å². The van der Waals surface area contributed by atoms with Gasteiger partial charge in [0.25, 0.3) is 0 Å². The minimum atomic E-state index is 0.484. The highest BCUT2D eigenvalue weighted by Crippen LogP contribution is 2.33. The molecule has 24 heavy (non-hydrogen) atoms. The van der Waals surface area contributed by atoms with Crippen LogP contribution in [0.25, 0.3) is 0 Å². The van der Waals surface area contributed by atoms with Gasteiger partial charge in [-0.05, 0) is 36.4 Å². The lowest BCUT2D eigenvalue weighted by Crippen LogP contribution is -1.91. The maximum absolute atomic E-state index is 6.16. The quantitative estimate of drug-likeness (QED) is 0.441. The van der Waals surface area contributed by atoms with E-state index in [1.54, 1.807) is 30.5 Å². The average Bonchev–Trinajstić information content (AvgIpc) is 2.58. The molecule has 0 bridgehead atoms. The van der Waals surface area contributed by atoms with E-state index in [4.69, 9.17) is 39.5 Å². The topological polar surface area (TPSA) is 21.6 Å². The predicted molar refractivity (Wildman–Crippen MR) is 102 cm³/mol. The Morgan fingerprint density at radius 2 is 1.50 bits per heavy atom. The summed E-state index contributed by atoms with van der Waals surface area (Å²) in [6.45, 7) is 0. The largest absolute Gasteiger partial charge is 0.455 e. The molecule has 0 saturated carbocycles. The Balaban J connectivity index is 1.91. The molecular formula is C19H12Cl3NO. The van der Waals surface area contributed by atoms with Gasteiger partial charge >= 0.3 is 0 Å². The summed E-state index contributed by atoms with van der Waals surface area (Å²) in [6, 6.07) is 20.0. The SMILES string of the molecule is Clc1ccc(Cl)c(Oc2ccccc2/C=N/c2ccccc2Cl)c1.